The normalized spacial score (nSPS) is 11.1. The van der Waals surface area contributed by atoms with Crippen molar-refractivity contribution in [3.05, 3.63) is 139 Å². The molecule has 0 aliphatic rings. The Hall–Kier alpha value is -7.21. The molecule has 0 atom stereocenters. The van der Waals surface area contributed by atoms with Crippen LogP contribution in [0.5, 0.6) is 11.5 Å². The number of carboxylic acids is 3. The second kappa shape index (κ2) is 22.2. The molecule has 0 fully saturated rings. The van der Waals surface area contributed by atoms with Crippen LogP contribution in [-0.4, -0.2) is 65.5 Å². The Morgan fingerprint density at radius 3 is 1.62 bits per heavy atom. The molecule has 0 unspecified atom stereocenters. The summed E-state index contributed by atoms with van der Waals surface area (Å²) in [5.41, 5.74) is 6.43. The van der Waals surface area contributed by atoms with Crippen molar-refractivity contribution in [2.24, 2.45) is 0 Å². The fraction of sp³-hybridized carbons (Fsp3) is 0.245. The van der Waals surface area contributed by atoms with Crippen LogP contribution in [0.1, 0.15) is 56.9 Å². The quantitative estimate of drug-likeness (QED) is 0.0594. The number of rotatable bonds is 21. The van der Waals surface area contributed by atoms with Gasteiger partial charge in [0, 0.05) is 42.6 Å². The SMILES string of the molecule is O=C(O)CCCCCOc1ccc2c(c1)nc(-c1ccccc1)n2CC(=O)O.O=C(O)CCCCCOc1ccc2nc(-c3ccccc3)n(CC=Cc3ccccc3)c2c1. The predicted octanol–water partition coefficient (Wildman–Crippen LogP) is 10.3. The average molecular weight is 823 g/mol. The summed E-state index contributed by atoms with van der Waals surface area (Å²) in [5.74, 6) is 0.526. The first-order valence-corrected chi connectivity index (χ1v) is 20.5. The molecule has 0 saturated heterocycles. The summed E-state index contributed by atoms with van der Waals surface area (Å²) in [7, 11) is 0. The number of allylic oxidation sites excluding steroid dienone is 1. The van der Waals surface area contributed by atoms with E-state index in [0.717, 1.165) is 70.5 Å². The largest absolute Gasteiger partial charge is 0.494 e. The Bertz CT molecular complexity index is 2530. The van der Waals surface area contributed by atoms with E-state index in [1.165, 1.54) is 0 Å². The number of nitrogens with zero attached hydrogens (tertiary/aromatic N) is 4. The molecule has 2 heterocycles. The number of benzene rings is 5. The van der Waals surface area contributed by atoms with Gasteiger partial charge < -0.3 is 33.9 Å². The standard InChI is InChI=1S/C28H28N2O3.C21H22N2O5/c31-27(32)16-8-3-9-20-33-24-17-18-25-26(21-24)30(19-10-13-22-11-4-1-5-12-22)28(29-25)23-14-6-2-7-15-23;24-19(25)9-5-2-6-12-28-16-10-11-18-17(13-16)22-21(23(18)14-20(26)27)15-7-3-1-4-8-15/h1-2,4-7,10-15,17-18,21H,3,8-9,16,19-20H2,(H,31,32);1,3-4,7-8,10-11,13H,2,5-6,9,12,14H2,(H,24,25)(H,26,27). The molecule has 314 valence electrons. The van der Waals surface area contributed by atoms with Crippen molar-refractivity contribution in [1.29, 1.82) is 0 Å². The summed E-state index contributed by atoms with van der Waals surface area (Å²) >= 11 is 0. The Balaban J connectivity index is 0.000000207. The molecule has 7 rings (SSSR count). The van der Waals surface area contributed by atoms with E-state index < -0.39 is 17.9 Å². The van der Waals surface area contributed by atoms with Crippen LogP contribution in [-0.2, 0) is 27.5 Å². The zero-order valence-electron chi connectivity index (χ0n) is 33.9. The molecule has 61 heavy (non-hydrogen) atoms. The van der Waals surface area contributed by atoms with Gasteiger partial charge in [-0.05, 0) is 68.4 Å². The summed E-state index contributed by atoms with van der Waals surface area (Å²) in [6, 6.07) is 41.4. The van der Waals surface area contributed by atoms with Crippen molar-refractivity contribution in [3.63, 3.8) is 0 Å². The maximum Gasteiger partial charge on any atom is 0.323 e. The van der Waals surface area contributed by atoms with Gasteiger partial charge in [0.2, 0.25) is 0 Å². The number of hydrogen-bond donors (Lipinski definition) is 3. The van der Waals surface area contributed by atoms with Gasteiger partial charge in [-0.2, -0.15) is 0 Å². The fourth-order valence-electron chi connectivity index (χ4n) is 6.84. The molecular formula is C49H50N4O8. The number of carboxylic acid groups (broad SMARTS) is 3. The highest BCUT2D eigenvalue weighted by Gasteiger charge is 2.16. The molecule has 0 spiro atoms. The lowest BCUT2D eigenvalue weighted by molar-refractivity contribution is -0.138. The zero-order valence-corrected chi connectivity index (χ0v) is 33.9. The first kappa shape index (κ1) is 43.4. The van der Waals surface area contributed by atoms with Crippen molar-refractivity contribution in [2.75, 3.05) is 13.2 Å². The summed E-state index contributed by atoms with van der Waals surface area (Å²) in [6.07, 6.45) is 9.22. The van der Waals surface area contributed by atoms with Crippen molar-refractivity contribution >= 4 is 46.1 Å². The summed E-state index contributed by atoms with van der Waals surface area (Å²) < 4.78 is 15.6. The van der Waals surface area contributed by atoms with Crippen LogP contribution in [0.3, 0.4) is 0 Å². The average Bonchev–Trinajstić information content (AvgIpc) is 3.81. The van der Waals surface area contributed by atoms with Crippen LogP contribution >= 0.6 is 0 Å². The molecule has 0 aliphatic carbocycles. The van der Waals surface area contributed by atoms with Gasteiger partial charge in [0.15, 0.2) is 0 Å². The highest BCUT2D eigenvalue weighted by molar-refractivity contribution is 5.84. The van der Waals surface area contributed by atoms with Gasteiger partial charge in [-0.25, -0.2) is 9.97 Å². The molecule has 3 N–H and O–H groups in total. The van der Waals surface area contributed by atoms with E-state index in [4.69, 9.17) is 24.7 Å². The third kappa shape index (κ3) is 12.9. The summed E-state index contributed by atoms with van der Waals surface area (Å²) in [5, 5.41) is 26.7. The van der Waals surface area contributed by atoms with E-state index in [2.05, 4.69) is 46.0 Å². The van der Waals surface area contributed by atoms with E-state index in [1.807, 2.05) is 91.0 Å². The van der Waals surface area contributed by atoms with Crippen LogP contribution in [0, 0.1) is 0 Å². The van der Waals surface area contributed by atoms with E-state index in [-0.39, 0.29) is 19.4 Å². The molecule has 2 aromatic heterocycles. The molecule has 12 heteroatoms. The van der Waals surface area contributed by atoms with Crippen molar-refractivity contribution in [2.45, 2.75) is 64.5 Å². The highest BCUT2D eigenvalue weighted by atomic mass is 16.5. The molecule has 12 nitrogen and oxygen atoms in total. The number of ether oxygens (including phenoxy) is 2. The van der Waals surface area contributed by atoms with Gasteiger partial charge in [-0.15, -0.1) is 0 Å². The third-order valence-corrected chi connectivity index (χ3v) is 9.80. The maximum absolute atomic E-state index is 11.3. The van der Waals surface area contributed by atoms with Crippen LogP contribution in [0.25, 0.3) is 50.9 Å². The van der Waals surface area contributed by atoms with Gasteiger partial charge in [-0.3, -0.25) is 14.4 Å². The molecule has 5 aromatic carbocycles. The topological polar surface area (TPSA) is 166 Å². The molecule has 7 aromatic rings. The molecule has 0 aliphatic heterocycles. The van der Waals surface area contributed by atoms with Gasteiger partial charge in [0.25, 0.3) is 0 Å². The van der Waals surface area contributed by atoms with E-state index in [0.29, 0.717) is 49.7 Å². The second-order valence-electron chi connectivity index (χ2n) is 14.4. The van der Waals surface area contributed by atoms with E-state index in [1.54, 1.807) is 16.7 Å². The number of fused-ring (bicyclic) bond motifs is 2. The van der Waals surface area contributed by atoms with E-state index >= 15 is 0 Å². The minimum atomic E-state index is -0.932. The van der Waals surface area contributed by atoms with E-state index in [9.17, 15) is 19.5 Å². The summed E-state index contributed by atoms with van der Waals surface area (Å²) in [6.45, 7) is 1.57. The molecule has 0 radical (unpaired) electrons. The highest BCUT2D eigenvalue weighted by Crippen LogP contribution is 2.29. The van der Waals surface area contributed by atoms with Crippen LogP contribution in [0.15, 0.2) is 133 Å². The number of aromatic nitrogens is 4. The number of carbonyl (C=O) groups is 3. The lowest BCUT2D eigenvalue weighted by Crippen LogP contribution is -2.10. The number of imidazole rings is 2. The minimum absolute atomic E-state index is 0.176. The van der Waals surface area contributed by atoms with Gasteiger partial charge in [-0.1, -0.05) is 103 Å². The van der Waals surface area contributed by atoms with Crippen molar-refractivity contribution in [1.82, 2.24) is 19.1 Å². The minimum Gasteiger partial charge on any atom is -0.494 e. The number of hydrogen-bond acceptors (Lipinski definition) is 7. The second-order valence-corrected chi connectivity index (χ2v) is 14.4. The molecule has 0 amide bonds. The van der Waals surface area contributed by atoms with Gasteiger partial charge >= 0.3 is 17.9 Å². The van der Waals surface area contributed by atoms with Gasteiger partial charge in [0.05, 0.1) is 35.3 Å². The van der Waals surface area contributed by atoms with Gasteiger partial charge in [0.1, 0.15) is 29.7 Å². The smallest absolute Gasteiger partial charge is 0.323 e. The lowest BCUT2D eigenvalue weighted by atomic mass is 10.2. The Morgan fingerprint density at radius 2 is 1.05 bits per heavy atom. The van der Waals surface area contributed by atoms with Crippen LogP contribution < -0.4 is 9.47 Å². The maximum atomic E-state index is 11.3. The fourth-order valence-corrected chi connectivity index (χ4v) is 6.84. The molecular weight excluding hydrogens is 773 g/mol. The zero-order chi connectivity index (χ0) is 42.8. The lowest BCUT2D eigenvalue weighted by Gasteiger charge is -2.09. The first-order valence-electron chi connectivity index (χ1n) is 20.5. The van der Waals surface area contributed by atoms with Crippen LogP contribution in [0.4, 0.5) is 0 Å². The molecule has 0 saturated carbocycles. The Kier molecular flexibility index (Phi) is 15.8. The number of unbranched alkanes of at least 4 members (excludes halogenated alkanes) is 4. The molecule has 0 bridgehead atoms. The predicted molar refractivity (Wildman–Crippen MR) is 237 cm³/mol. The Morgan fingerprint density at radius 1 is 0.525 bits per heavy atom. The Labute approximate surface area is 354 Å². The van der Waals surface area contributed by atoms with Crippen molar-refractivity contribution < 1.29 is 39.2 Å². The van der Waals surface area contributed by atoms with Crippen molar-refractivity contribution in [3.8, 4) is 34.3 Å². The number of aliphatic carboxylic acids is 3. The van der Waals surface area contributed by atoms with Crippen LogP contribution in [0.2, 0.25) is 0 Å². The summed E-state index contributed by atoms with van der Waals surface area (Å²) in [4.78, 5) is 42.0. The first-order chi connectivity index (χ1) is 29.7. The monoisotopic (exact) mass is 822 g/mol. The third-order valence-electron chi connectivity index (χ3n) is 9.80.